The summed E-state index contributed by atoms with van der Waals surface area (Å²) in [6, 6.07) is 11.0. The van der Waals surface area contributed by atoms with Crippen LogP contribution in [0.3, 0.4) is 0 Å². The number of rotatable bonds is 6. The fourth-order valence-electron chi connectivity index (χ4n) is 3.92. The largest absolute Gasteiger partial charge is 0.416 e. The fraction of sp³-hybridized carbons (Fsp3) is 0.435. The zero-order valence-corrected chi connectivity index (χ0v) is 17.0. The maximum Gasteiger partial charge on any atom is 0.416 e. The van der Waals surface area contributed by atoms with Crippen LogP contribution in [0.25, 0.3) is 0 Å². The molecule has 1 unspecified atom stereocenters. The Kier molecular flexibility index (Phi) is 6.29. The van der Waals surface area contributed by atoms with Crippen molar-refractivity contribution in [3.63, 3.8) is 0 Å². The smallest absolute Gasteiger partial charge is 0.352 e. The Hall–Kier alpha value is -2.45. The van der Waals surface area contributed by atoms with Crippen molar-refractivity contribution >= 4 is 5.91 Å². The lowest BCUT2D eigenvalue weighted by molar-refractivity contribution is -0.137. The summed E-state index contributed by atoms with van der Waals surface area (Å²) in [6.07, 6.45) is -2.36. The molecule has 1 atom stereocenters. The predicted octanol–water partition coefficient (Wildman–Crippen LogP) is 3.98. The van der Waals surface area contributed by atoms with Crippen LogP contribution < -0.4 is 5.32 Å². The minimum atomic E-state index is -4.33. The number of halogens is 4. The summed E-state index contributed by atoms with van der Waals surface area (Å²) in [5.74, 6) is -0.406. The van der Waals surface area contributed by atoms with Crippen LogP contribution in [0.2, 0.25) is 0 Å². The Bertz CT molecular complexity index is 887. The van der Waals surface area contributed by atoms with Crippen molar-refractivity contribution in [2.75, 3.05) is 26.2 Å². The molecule has 2 aromatic rings. The summed E-state index contributed by atoms with van der Waals surface area (Å²) in [5, 5.41) is 3.05. The molecule has 1 aliphatic carbocycles. The zero-order valence-electron chi connectivity index (χ0n) is 17.0. The highest BCUT2D eigenvalue weighted by molar-refractivity contribution is 5.83. The molecule has 0 spiro atoms. The molecule has 1 saturated carbocycles. The number of nitrogens with zero attached hydrogens (tertiary/aromatic N) is 2. The molecule has 0 aromatic heterocycles. The SMILES string of the molecule is O=C(NC1CC1)C(c1ccc(F)cc1)N1CCN(Cc2ccc(C(F)(F)F)cc2)CC1. The number of carbonyl (C=O) groups excluding carboxylic acids is 1. The summed E-state index contributed by atoms with van der Waals surface area (Å²) in [6.45, 7) is 3.22. The molecule has 8 heteroatoms. The van der Waals surface area contributed by atoms with Gasteiger partial charge in [-0.3, -0.25) is 14.6 Å². The maximum atomic E-state index is 13.4. The maximum absolute atomic E-state index is 13.4. The molecular formula is C23H25F4N3O. The van der Waals surface area contributed by atoms with E-state index < -0.39 is 17.8 Å². The molecule has 1 amide bonds. The number of amides is 1. The number of benzene rings is 2. The van der Waals surface area contributed by atoms with Gasteiger partial charge in [-0.15, -0.1) is 0 Å². The zero-order chi connectivity index (χ0) is 22.0. The molecule has 2 aromatic carbocycles. The van der Waals surface area contributed by atoms with E-state index in [-0.39, 0.29) is 17.8 Å². The summed E-state index contributed by atoms with van der Waals surface area (Å²) in [5.41, 5.74) is 0.934. The Morgan fingerprint density at radius 1 is 0.968 bits per heavy atom. The molecule has 1 N–H and O–H groups in total. The highest BCUT2D eigenvalue weighted by Gasteiger charge is 2.34. The summed E-state index contributed by atoms with van der Waals surface area (Å²) >= 11 is 0. The number of hydrogen-bond acceptors (Lipinski definition) is 3. The third-order valence-electron chi connectivity index (χ3n) is 5.82. The lowest BCUT2D eigenvalue weighted by atomic mass is 10.0. The molecule has 2 aliphatic rings. The van der Waals surface area contributed by atoms with E-state index in [4.69, 9.17) is 0 Å². The summed E-state index contributed by atoms with van der Waals surface area (Å²) < 4.78 is 51.6. The second kappa shape index (κ2) is 8.96. The Labute approximate surface area is 178 Å². The van der Waals surface area contributed by atoms with Gasteiger partial charge in [0.25, 0.3) is 0 Å². The molecule has 31 heavy (non-hydrogen) atoms. The van der Waals surface area contributed by atoms with Gasteiger partial charge < -0.3 is 5.32 Å². The molecule has 2 fully saturated rings. The first-order valence-electron chi connectivity index (χ1n) is 10.5. The van der Waals surface area contributed by atoms with Crippen LogP contribution in [0, 0.1) is 5.82 Å². The van der Waals surface area contributed by atoms with Crippen molar-refractivity contribution in [1.29, 1.82) is 0 Å². The van der Waals surface area contributed by atoms with E-state index >= 15 is 0 Å². The second-order valence-corrected chi connectivity index (χ2v) is 8.24. The van der Waals surface area contributed by atoms with Crippen molar-refractivity contribution in [3.05, 3.63) is 71.0 Å². The number of carbonyl (C=O) groups is 1. The highest BCUT2D eigenvalue weighted by atomic mass is 19.4. The quantitative estimate of drug-likeness (QED) is 0.698. The lowest BCUT2D eigenvalue weighted by Crippen LogP contribution is -2.51. The molecular weight excluding hydrogens is 410 g/mol. The van der Waals surface area contributed by atoms with Crippen molar-refractivity contribution < 1.29 is 22.4 Å². The summed E-state index contributed by atoms with van der Waals surface area (Å²) in [7, 11) is 0. The first-order valence-corrected chi connectivity index (χ1v) is 10.5. The van der Waals surface area contributed by atoms with Crippen molar-refractivity contribution in [1.82, 2.24) is 15.1 Å². The minimum Gasteiger partial charge on any atom is -0.352 e. The van der Waals surface area contributed by atoms with Gasteiger partial charge in [-0.2, -0.15) is 13.2 Å². The first-order chi connectivity index (χ1) is 14.8. The van der Waals surface area contributed by atoms with Gasteiger partial charge >= 0.3 is 6.18 Å². The second-order valence-electron chi connectivity index (χ2n) is 8.24. The van der Waals surface area contributed by atoms with Crippen molar-refractivity contribution in [3.8, 4) is 0 Å². The molecule has 1 heterocycles. The van der Waals surface area contributed by atoms with Gasteiger partial charge in [0.15, 0.2) is 0 Å². The number of alkyl halides is 3. The monoisotopic (exact) mass is 435 g/mol. The normalized spacial score (nSPS) is 19.2. The van der Waals surface area contributed by atoms with Gasteiger partial charge in [0.1, 0.15) is 11.9 Å². The average Bonchev–Trinajstić information content (AvgIpc) is 3.55. The topological polar surface area (TPSA) is 35.6 Å². The molecule has 1 saturated heterocycles. The third kappa shape index (κ3) is 5.62. The fourth-order valence-corrected chi connectivity index (χ4v) is 3.92. The van der Waals surface area contributed by atoms with Crippen LogP contribution in [-0.4, -0.2) is 47.9 Å². The van der Waals surface area contributed by atoms with Gasteiger partial charge in [0, 0.05) is 38.8 Å². The van der Waals surface area contributed by atoms with Crippen LogP contribution in [0.15, 0.2) is 48.5 Å². The van der Waals surface area contributed by atoms with E-state index in [9.17, 15) is 22.4 Å². The highest BCUT2D eigenvalue weighted by Crippen LogP contribution is 2.30. The van der Waals surface area contributed by atoms with Crippen LogP contribution >= 0.6 is 0 Å². The molecule has 4 rings (SSSR count). The first kappa shape index (κ1) is 21.8. The van der Waals surface area contributed by atoms with Gasteiger partial charge in [0.05, 0.1) is 5.56 Å². The van der Waals surface area contributed by atoms with E-state index in [1.807, 2.05) is 0 Å². The molecule has 166 valence electrons. The van der Waals surface area contributed by atoms with E-state index in [2.05, 4.69) is 15.1 Å². The van der Waals surface area contributed by atoms with Gasteiger partial charge in [-0.1, -0.05) is 24.3 Å². The Morgan fingerprint density at radius 3 is 2.13 bits per heavy atom. The molecule has 0 bridgehead atoms. The predicted molar refractivity (Wildman–Crippen MR) is 109 cm³/mol. The van der Waals surface area contributed by atoms with Crippen molar-refractivity contribution in [2.24, 2.45) is 0 Å². The van der Waals surface area contributed by atoms with E-state index in [0.29, 0.717) is 32.7 Å². The van der Waals surface area contributed by atoms with Crippen molar-refractivity contribution in [2.45, 2.75) is 37.6 Å². The van der Waals surface area contributed by atoms with Crippen LogP contribution in [0.4, 0.5) is 17.6 Å². The number of nitrogens with one attached hydrogen (secondary N) is 1. The minimum absolute atomic E-state index is 0.0645. The number of piperazine rings is 1. The summed E-state index contributed by atoms with van der Waals surface area (Å²) in [4.78, 5) is 17.2. The third-order valence-corrected chi connectivity index (χ3v) is 5.82. The lowest BCUT2D eigenvalue weighted by Gasteiger charge is -2.39. The van der Waals surface area contributed by atoms with E-state index in [0.717, 1.165) is 36.1 Å². The van der Waals surface area contributed by atoms with Gasteiger partial charge in [-0.25, -0.2) is 4.39 Å². The Balaban J connectivity index is 1.39. The van der Waals surface area contributed by atoms with E-state index in [1.54, 1.807) is 12.1 Å². The van der Waals surface area contributed by atoms with E-state index in [1.165, 1.54) is 24.3 Å². The Morgan fingerprint density at radius 2 is 1.58 bits per heavy atom. The van der Waals surface area contributed by atoms with Crippen LogP contribution in [-0.2, 0) is 17.5 Å². The average molecular weight is 435 g/mol. The molecule has 4 nitrogen and oxygen atoms in total. The van der Waals surface area contributed by atoms with Crippen LogP contribution in [0.5, 0.6) is 0 Å². The van der Waals surface area contributed by atoms with Gasteiger partial charge in [0.2, 0.25) is 5.91 Å². The van der Waals surface area contributed by atoms with Crippen LogP contribution in [0.1, 0.15) is 35.6 Å². The van der Waals surface area contributed by atoms with Gasteiger partial charge in [-0.05, 0) is 48.2 Å². The molecule has 1 aliphatic heterocycles. The molecule has 0 radical (unpaired) electrons. The standard InChI is InChI=1S/C23H25F4N3O/c24-19-7-3-17(4-8-19)21(22(31)28-20-9-10-20)30-13-11-29(12-14-30)15-16-1-5-18(6-2-16)23(25,26)27/h1-8,20-21H,9-15H2,(H,28,31). The number of hydrogen-bond donors (Lipinski definition) is 1.